The zero-order valence-corrected chi connectivity index (χ0v) is 14.7. The third-order valence-corrected chi connectivity index (χ3v) is 7.53. The Morgan fingerprint density at radius 2 is 1.81 bits per heavy atom. The van der Waals surface area contributed by atoms with E-state index in [4.69, 9.17) is 0 Å². The molecule has 1 saturated carbocycles. The molecule has 3 nitrogen and oxygen atoms in total. The van der Waals surface area contributed by atoms with Crippen LogP contribution in [0.2, 0.25) is 0 Å². The van der Waals surface area contributed by atoms with Crippen molar-refractivity contribution in [2.24, 2.45) is 0 Å². The van der Waals surface area contributed by atoms with E-state index < -0.39 is 14.6 Å². The fourth-order valence-corrected chi connectivity index (χ4v) is 4.22. The standard InChI is InChI=1S/C16H25NO2S2/c1-16(2,3)21(18,19)11-10-20-15-8-4-13(5-9-15)12-17-14-6-7-14/h4-5,8-9,14,17H,6-7,10-12H2,1-3H3. The Labute approximate surface area is 132 Å². The van der Waals surface area contributed by atoms with Gasteiger partial charge < -0.3 is 5.32 Å². The van der Waals surface area contributed by atoms with Crippen LogP contribution in [-0.4, -0.2) is 30.7 Å². The summed E-state index contributed by atoms with van der Waals surface area (Å²) in [6, 6.07) is 9.13. The Morgan fingerprint density at radius 1 is 1.19 bits per heavy atom. The molecule has 1 N–H and O–H groups in total. The number of benzene rings is 1. The number of sulfone groups is 1. The summed E-state index contributed by atoms with van der Waals surface area (Å²) >= 11 is 1.61. The first-order valence-corrected chi connectivity index (χ1v) is 10.1. The summed E-state index contributed by atoms with van der Waals surface area (Å²) in [6.45, 7) is 6.20. The summed E-state index contributed by atoms with van der Waals surface area (Å²) in [5.74, 6) is 0.839. The van der Waals surface area contributed by atoms with Gasteiger partial charge in [-0.05, 0) is 51.3 Å². The number of nitrogens with one attached hydrogen (secondary N) is 1. The van der Waals surface area contributed by atoms with Crippen LogP contribution in [0, 0.1) is 0 Å². The number of hydrogen-bond donors (Lipinski definition) is 1. The second-order valence-electron chi connectivity index (χ2n) is 6.58. The molecule has 0 amide bonds. The minimum absolute atomic E-state index is 0.228. The lowest BCUT2D eigenvalue weighted by Crippen LogP contribution is -2.31. The molecule has 1 fully saturated rings. The van der Waals surface area contributed by atoms with E-state index in [1.807, 2.05) is 0 Å². The van der Waals surface area contributed by atoms with Crippen molar-refractivity contribution < 1.29 is 8.42 Å². The van der Waals surface area contributed by atoms with Gasteiger partial charge in [0.2, 0.25) is 0 Å². The highest BCUT2D eigenvalue weighted by molar-refractivity contribution is 8.01. The molecule has 1 aliphatic rings. The smallest absolute Gasteiger partial charge is 0.156 e. The lowest BCUT2D eigenvalue weighted by atomic mass is 10.2. The van der Waals surface area contributed by atoms with Crippen molar-refractivity contribution in [1.82, 2.24) is 5.32 Å². The first kappa shape index (κ1) is 16.8. The topological polar surface area (TPSA) is 46.2 Å². The number of hydrogen-bond acceptors (Lipinski definition) is 4. The Kier molecular flexibility index (Phi) is 5.38. The van der Waals surface area contributed by atoms with Gasteiger partial charge in [0.25, 0.3) is 0 Å². The van der Waals surface area contributed by atoms with E-state index in [-0.39, 0.29) is 5.75 Å². The van der Waals surface area contributed by atoms with E-state index in [9.17, 15) is 8.42 Å². The van der Waals surface area contributed by atoms with Gasteiger partial charge in [-0.3, -0.25) is 0 Å². The largest absolute Gasteiger partial charge is 0.310 e. The van der Waals surface area contributed by atoms with Crippen LogP contribution in [0.1, 0.15) is 39.2 Å². The SMILES string of the molecule is CC(C)(C)S(=O)(=O)CCSc1ccc(CNC2CC2)cc1. The average Bonchev–Trinajstić information content (AvgIpc) is 3.20. The van der Waals surface area contributed by atoms with Gasteiger partial charge in [0.05, 0.1) is 10.5 Å². The molecule has 0 atom stereocenters. The molecule has 5 heteroatoms. The maximum Gasteiger partial charge on any atom is 0.156 e. The van der Waals surface area contributed by atoms with Crippen LogP contribution in [-0.2, 0) is 16.4 Å². The first-order chi connectivity index (χ1) is 9.78. The summed E-state index contributed by atoms with van der Waals surface area (Å²) in [5.41, 5.74) is 1.29. The Hall–Kier alpha value is -0.520. The molecule has 1 aromatic carbocycles. The van der Waals surface area contributed by atoms with Gasteiger partial charge in [-0.15, -0.1) is 11.8 Å². The lowest BCUT2D eigenvalue weighted by molar-refractivity contribution is 0.562. The summed E-state index contributed by atoms with van der Waals surface area (Å²) < 4.78 is 23.4. The molecule has 0 aliphatic heterocycles. The minimum atomic E-state index is -3.02. The highest BCUT2D eigenvalue weighted by Gasteiger charge is 2.28. The normalized spacial score (nSPS) is 16.1. The van der Waals surface area contributed by atoms with E-state index in [0.29, 0.717) is 5.75 Å². The Bertz CT molecular complexity index is 555. The van der Waals surface area contributed by atoms with Gasteiger partial charge >= 0.3 is 0 Å². The molecule has 0 saturated heterocycles. The highest BCUT2D eigenvalue weighted by atomic mass is 32.2. The van der Waals surface area contributed by atoms with Crippen molar-refractivity contribution >= 4 is 21.6 Å². The van der Waals surface area contributed by atoms with E-state index in [0.717, 1.165) is 17.5 Å². The minimum Gasteiger partial charge on any atom is -0.310 e. The molecule has 0 bridgehead atoms. The maximum absolute atomic E-state index is 12.0. The molecule has 1 aromatic rings. The predicted octanol–water partition coefficient (Wildman–Crippen LogP) is 3.24. The molecule has 118 valence electrons. The van der Waals surface area contributed by atoms with E-state index >= 15 is 0 Å². The van der Waals surface area contributed by atoms with Crippen LogP contribution in [0.15, 0.2) is 29.2 Å². The fraction of sp³-hybridized carbons (Fsp3) is 0.625. The van der Waals surface area contributed by atoms with Crippen LogP contribution in [0.5, 0.6) is 0 Å². The van der Waals surface area contributed by atoms with Crippen molar-refractivity contribution in [1.29, 1.82) is 0 Å². The second-order valence-corrected chi connectivity index (χ2v) is 10.6. The van der Waals surface area contributed by atoms with E-state index in [1.54, 1.807) is 32.5 Å². The zero-order valence-electron chi connectivity index (χ0n) is 13.1. The molecule has 0 heterocycles. The van der Waals surface area contributed by atoms with Crippen LogP contribution in [0.4, 0.5) is 0 Å². The molecular weight excluding hydrogens is 302 g/mol. The van der Waals surface area contributed by atoms with Gasteiger partial charge in [0.15, 0.2) is 9.84 Å². The quantitative estimate of drug-likeness (QED) is 0.781. The van der Waals surface area contributed by atoms with Crippen LogP contribution >= 0.6 is 11.8 Å². The van der Waals surface area contributed by atoms with Crippen LogP contribution in [0.3, 0.4) is 0 Å². The van der Waals surface area contributed by atoms with Gasteiger partial charge in [0.1, 0.15) is 0 Å². The van der Waals surface area contributed by atoms with Crippen LogP contribution < -0.4 is 5.32 Å². The molecule has 0 unspecified atom stereocenters. The summed E-state index contributed by atoms with van der Waals surface area (Å²) in [6.07, 6.45) is 2.60. The first-order valence-electron chi connectivity index (χ1n) is 7.45. The fourth-order valence-electron chi connectivity index (χ4n) is 1.83. The Balaban J connectivity index is 1.78. The van der Waals surface area contributed by atoms with Gasteiger partial charge in [-0.1, -0.05) is 12.1 Å². The molecular formula is C16H25NO2S2. The van der Waals surface area contributed by atoms with Crippen molar-refractivity contribution in [2.75, 3.05) is 11.5 Å². The summed E-state index contributed by atoms with van der Waals surface area (Å²) in [5, 5.41) is 3.49. The van der Waals surface area contributed by atoms with Gasteiger partial charge in [0, 0.05) is 23.2 Å². The molecule has 2 rings (SSSR count). The number of rotatable bonds is 7. The van der Waals surface area contributed by atoms with Gasteiger partial charge in [-0.25, -0.2) is 8.42 Å². The van der Waals surface area contributed by atoms with Crippen molar-refractivity contribution in [2.45, 2.75) is 55.8 Å². The highest BCUT2D eigenvalue weighted by Crippen LogP contribution is 2.23. The van der Waals surface area contributed by atoms with E-state index in [2.05, 4.69) is 29.6 Å². The Morgan fingerprint density at radius 3 is 2.33 bits per heavy atom. The second kappa shape index (κ2) is 6.71. The molecule has 0 radical (unpaired) electrons. The number of thioether (sulfide) groups is 1. The molecule has 0 spiro atoms. The zero-order chi connectivity index (χ0) is 15.5. The van der Waals surface area contributed by atoms with Crippen molar-refractivity contribution in [3.05, 3.63) is 29.8 Å². The molecule has 21 heavy (non-hydrogen) atoms. The predicted molar refractivity (Wildman–Crippen MR) is 90.6 cm³/mol. The monoisotopic (exact) mass is 327 g/mol. The van der Waals surface area contributed by atoms with Crippen molar-refractivity contribution in [3.8, 4) is 0 Å². The third-order valence-electron chi connectivity index (χ3n) is 3.65. The molecule has 1 aliphatic carbocycles. The summed E-state index contributed by atoms with van der Waals surface area (Å²) in [7, 11) is -3.02. The summed E-state index contributed by atoms with van der Waals surface area (Å²) in [4.78, 5) is 1.13. The average molecular weight is 328 g/mol. The van der Waals surface area contributed by atoms with Gasteiger partial charge in [-0.2, -0.15) is 0 Å². The molecule has 0 aromatic heterocycles. The van der Waals surface area contributed by atoms with E-state index in [1.165, 1.54) is 18.4 Å². The van der Waals surface area contributed by atoms with Crippen molar-refractivity contribution in [3.63, 3.8) is 0 Å². The lowest BCUT2D eigenvalue weighted by Gasteiger charge is -2.18. The maximum atomic E-state index is 12.0. The third kappa shape index (κ3) is 5.31. The van der Waals surface area contributed by atoms with Crippen LogP contribution in [0.25, 0.3) is 0 Å².